The van der Waals surface area contributed by atoms with E-state index in [-0.39, 0.29) is 11.5 Å². The first-order valence-corrected chi connectivity index (χ1v) is 17.2. The van der Waals surface area contributed by atoms with E-state index in [1.165, 1.54) is 36.2 Å². The number of carbonyl (C=O) groups is 1. The summed E-state index contributed by atoms with van der Waals surface area (Å²) in [5.74, 6) is 5.56. The van der Waals surface area contributed by atoms with Gasteiger partial charge in [-0.05, 0) is 98.6 Å². The van der Waals surface area contributed by atoms with Crippen molar-refractivity contribution in [3.8, 4) is 5.75 Å². The molecule has 0 heterocycles. The van der Waals surface area contributed by atoms with E-state index in [4.69, 9.17) is 4.74 Å². The van der Waals surface area contributed by atoms with Gasteiger partial charge in [-0.15, -0.1) is 0 Å². The largest absolute Gasteiger partial charge is 0.494 e. The molecule has 0 bridgehead atoms. The Kier molecular flexibility index (Phi) is 15.3. The lowest BCUT2D eigenvalue weighted by Crippen LogP contribution is -2.45. The van der Waals surface area contributed by atoms with Gasteiger partial charge in [-0.2, -0.15) is 11.8 Å². The maximum atomic E-state index is 12.0. The summed E-state index contributed by atoms with van der Waals surface area (Å²) in [5.41, 5.74) is 2.49. The van der Waals surface area contributed by atoms with Gasteiger partial charge in [0.15, 0.2) is 5.78 Å². The van der Waals surface area contributed by atoms with Gasteiger partial charge in [0.05, 0.1) is 12.7 Å². The number of benzene rings is 1. The number of carbonyl (C=O) groups excluding carboxylic acids is 1. The maximum Gasteiger partial charge on any atom is 0.155 e. The summed E-state index contributed by atoms with van der Waals surface area (Å²) in [5, 5.41) is 11.5. The zero-order chi connectivity index (χ0) is 28.8. The molecule has 0 spiro atoms. The van der Waals surface area contributed by atoms with E-state index in [9.17, 15) is 9.90 Å². The molecule has 0 amide bonds. The van der Waals surface area contributed by atoms with Crippen LogP contribution in [0.15, 0.2) is 35.9 Å². The molecule has 4 heteroatoms. The van der Waals surface area contributed by atoms with Gasteiger partial charge in [0, 0.05) is 17.6 Å². The Balaban J connectivity index is 0.00000260. The van der Waals surface area contributed by atoms with Crippen molar-refractivity contribution in [3.05, 3.63) is 41.5 Å². The highest BCUT2D eigenvalue weighted by Gasteiger charge is 2.49. The zero-order valence-electron chi connectivity index (χ0n) is 26.1. The third kappa shape index (κ3) is 9.12. The van der Waals surface area contributed by atoms with Crippen LogP contribution in [0.25, 0.3) is 0 Å². The zero-order valence-corrected chi connectivity index (χ0v) is 27.0. The summed E-state index contributed by atoms with van der Waals surface area (Å²) in [7, 11) is 0. The van der Waals surface area contributed by atoms with Crippen molar-refractivity contribution in [2.45, 2.75) is 125 Å². The molecule has 4 unspecified atom stereocenters. The number of aliphatic hydroxyl groups excluding tert-OH is 1. The average Bonchev–Trinajstić information content (AvgIpc) is 3.08. The Bertz CT molecular complexity index is 880. The standard InChI is InChI=1S/C33H52O3S.C2H6/c1-6-9-20-37-23-26-12-10-13-28(22-26)36-19-18-33(32(35)8-3)17-11-14-31(29(7-2)25(33)5)30-16-15-27(34)21-24(30)4;1-2/h10,12-13,21-22,25,29-32,35H,6-9,11,14-20,23H2,1-5H3;1-2H3/t25?,29?,30?,31?,32-,33+;/m0./s1. The van der Waals surface area contributed by atoms with Crippen LogP contribution in [-0.4, -0.2) is 29.4 Å². The summed E-state index contributed by atoms with van der Waals surface area (Å²) in [6.07, 6.45) is 12.0. The molecule has 0 radical (unpaired) electrons. The number of unbranched alkanes of at least 4 members (excludes halogenated alkanes) is 1. The topological polar surface area (TPSA) is 46.5 Å². The van der Waals surface area contributed by atoms with Crippen LogP contribution in [0, 0.1) is 29.1 Å². The molecule has 1 aromatic rings. The molecular formula is C35H58O3S. The molecule has 1 aromatic carbocycles. The van der Waals surface area contributed by atoms with Gasteiger partial charge in [-0.1, -0.05) is 78.5 Å². The van der Waals surface area contributed by atoms with Crippen LogP contribution in [-0.2, 0) is 10.5 Å². The normalized spacial score (nSPS) is 28.1. The van der Waals surface area contributed by atoms with Crippen molar-refractivity contribution in [1.29, 1.82) is 0 Å². The third-order valence-electron chi connectivity index (χ3n) is 9.64. The van der Waals surface area contributed by atoms with Crippen LogP contribution in [0.1, 0.15) is 118 Å². The molecule has 39 heavy (non-hydrogen) atoms. The Morgan fingerprint density at radius 3 is 2.62 bits per heavy atom. The molecule has 2 aliphatic carbocycles. The predicted molar refractivity (Wildman–Crippen MR) is 169 cm³/mol. The first-order valence-electron chi connectivity index (χ1n) is 16.0. The lowest BCUT2D eigenvalue weighted by molar-refractivity contribution is -0.115. The third-order valence-corrected chi connectivity index (χ3v) is 10.8. The fraction of sp³-hybridized carbons (Fsp3) is 0.743. The lowest BCUT2D eigenvalue weighted by Gasteiger charge is -2.47. The molecule has 0 aromatic heterocycles. The highest BCUT2D eigenvalue weighted by atomic mass is 32.2. The number of hydrogen-bond donors (Lipinski definition) is 1. The number of ketones is 1. The van der Waals surface area contributed by atoms with Crippen molar-refractivity contribution in [1.82, 2.24) is 0 Å². The summed E-state index contributed by atoms with van der Waals surface area (Å²) in [6, 6.07) is 8.58. The lowest BCUT2D eigenvalue weighted by atomic mass is 9.59. The van der Waals surface area contributed by atoms with Gasteiger partial charge >= 0.3 is 0 Å². The van der Waals surface area contributed by atoms with Crippen LogP contribution < -0.4 is 4.74 Å². The number of ether oxygens (including phenoxy) is 1. The van der Waals surface area contributed by atoms with E-state index < -0.39 is 0 Å². The van der Waals surface area contributed by atoms with Crippen LogP contribution in [0.5, 0.6) is 5.75 Å². The van der Waals surface area contributed by atoms with Crippen LogP contribution in [0.2, 0.25) is 0 Å². The highest BCUT2D eigenvalue weighted by Crippen LogP contribution is 2.54. The SMILES string of the molecule is CC.CCCCSCc1cccc(OCC[C@]2([C@@H](O)CC)CCCC(C3CCC(=O)C=C3C)C(CC)C2C)c1. The van der Waals surface area contributed by atoms with Crippen molar-refractivity contribution in [2.75, 3.05) is 12.4 Å². The van der Waals surface area contributed by atoms with Crippen molar-refractivity contribution >= 4 is 17.5 Å². The smallest absolute Gasteiger partial charge is 0.155 e. The molecule has 0 saturated heterocycles. The number of aliphatic hydroxyl groups is 1. The van der Waals surface area contributed by atoms with Crippen LogP contribution in [0.4, 0.5) is 0 Å². The van der Waals surface area contributed by atoms with Crippen LogP contribution in [0.3, 0.4) is 0 Å². The van der Waals surface area contributed by atoms with E-state index in [2.05, 4.69) is 58.9 Å². The quantitative estimate of drug-likeness (QED) is 0.193. The molecule has 0 aliphatic heterocycles. The maximum absolute atomic E-state index is 12.0. The summed E-state index contributed by atoms with van der Waals surface area (Å²) in [4.78, 5) is 12.0. The van der Waals surface area contributed by atoms with Gasteiger partial charge in [0.25, 0.3) is 0 Å². The van der Waals surface area contributed by atoms with E-state index in [0.29, 0.717) is 42.5 Å². The number of hydrogen-bond acceptors (Lipinski definition) is 4. The highest BCUT2D eigenvalue weighted by molar-refractivity contribution is 7.98. The molecule has 1 saturated carbocycles. The minimum absolute atomic E-state index is 0.125. The van der Waals surface area contributed by atoms with E-state index in [1.807, 2.05) is 31.7 Å². The monoisotopic (exact) mass is 558 g/mol. The van der Waals surface area contributed by atoms with Gasteiger partial charge in [0.1, 0.15) is 5.75 Å². The second kappa shape index (κ2) is 17.5. The minimum Gasteiger partial charge on any atom is -0.494 e. The van der Waals surface area contributed by atoms with Crippen molar-refractivity contribution < 1.29 is 14.6 Å². The van der Waals surface area contributed by atoms with Crippen LogP contribution >= 0.6 is 11.8 Å². The van der Waals surface area contributed by atoms with Gasteiger partial charge in [-0.25, -0.2) is 0 Å². The van der Waals surface area contributed by atoms with Crippen molar-refractivity contribution in [2.24, 2.45) is 29.1 Å². The Morgan fingerprint density at radius 1 is 1.18 bits per heavy atom. The second-order valence-corrected chi connectivity index (χ2v) is 12.8. The van der Waals surface area contributed by atoms with Gasteiger partial charge in [-0.3, -0.25) is 4.79 Å². The van der Waals surface area contributed by atoms with Gasteiger partial charge < -0.3 is 9.84 Å². The van der Waals surface area contributed by atoms with Gasteiger partial charge in [0.2, 0.25) is 0 Å². The second-order valence-electron chi connectivity index (χ2n) is 11.7. The number of allylic oxidation sites excluding steroid dienone is 2. The summed E-state index contributed by atoms with van der Waals surface area (Å²) >= 11 is 2.00. The Morgan fingerprint density at radius 2 is 1.95 bits per heavy atom. The molecule has 222 valence electrons. The van der Waals surface area contributed by atoms with E-state index in [0.717, 1.165) is 50.0 Å². The molecule has 1 N–H and O–H groups in total. The fourth-order valence-electron chi connectivity index (χ4n) is 7.49. The predicted octanol–water partition coefficient (Wildman–Crippen LogP) is 9.66. The number of rotatable bonds is 13. The first kappa shape index (κ1) is 33.9. The molecule has 6 atom stereocenters. The van der Waals surface area contributed by atoms with E-state index >= 15 is 0 Å². The molecule has 3 nitrogen and oxygen atoms in total. The Hall–Kier alpha value is -1.26. The number of thioether (sulfide) groups is 1. The average molecular weight is 559 g/mol. The molecule has 2 aliphatic rings. The minimum atomic E-state index is -0.315. The molecule has 1 fully saturated rings. The Labute approximate surface area is 245 Å². The van der Waals surface area contributed by atoms with E-state index in [1.54, 1.807) is 0 Å². The molecule has 3 rings (SSSR count). The molecular weight excluding hydrogens is 500 g/mol. The summed E-state index contributed by atoms with van der Waals surface area (Å²) in [6.45, 7) is 15.9. The fourth-order valence-corrected chi connectivity index (χ4v) is 8.54. The summed E-state index contributed by atoms with van der Waals surface area (Å²) < 4.78 is 6.36. The van der Waals surface area contributed by atoms with Crippen molar-refractivity contribution in [3.63, 3.8) is 0 Å². The first-order chi connectivity index (χ1) is 18.9.